The summed E-state index contributed by atoms with van der Waals surface area (Å²) in [5.41, 5.74) is 7.07. The number of benzene rings is 2. The fourth-order valence-corrected chi connectivity index (χ4v) is 4.08. The quantitative estimate of drug-likeness (QED) is 0.473. The molecule has 1 aliphatic rings. The van der Waals surface area contributed by atoms with Crippen molar-refractivity contribution >= 4 is 5.57 Å². The highest BCUT2D eigenvalue weighted by molar-refractivity contribution is 5.71. The molecule has 138 valence electrons. The predicted molar refractivity (Wildman–Crippen MR) is 115 cm³/mol. The van der Waals surface area contributed by atoms with Crippen molar-refractivity contribution in [3.63, 3.8) is 0 Å². The number of hydrogen-bond acceptors (Lipinski definition) is 0. The summed E-state index contributed by atoms with van der Waals surface area (Å²) in [6.07, 6.45) is 11.5. The molecule has 0 bridgehead atoms. The molecule has 0 radical (unpaired) electrons. The van der Waals surface area contributed by atoms with Gasteiger partial charge in [0, 0.05) is 0 Å². The summed E-state index contributed by atoms with van der Waals surface area (Å²) < 4.78 is 0. The Hall–Kier alpha value is -1.82. The maximum absolute atomic E-state index is 2.47. The fourth-order valence-electron chi connectivity index (χ4n) is 4.08. The Morgan fingerprint density at radius 1 is 0.885 bits per heavy atom. The highest BCUT2D eigenvalue weighted by Gasteiger charge is 2.13. The lowest BCUT2D eigenvalue weighted by Crippen LogP contribution is -2.03. The van der Waals surface area contributed by atoms with Crippen LogP contribution in [0.1, 0.15) is 82.8 Å². The van der Waals surface area contributed by atoms with Gasteiger partial charge in [0.25, 0.3) is 0 Å². The molecule has 0 saturated carbocycles. The molecule has 3 rings (SSSR count). The van der Waals surface area contributed by atoms with Crippen LogP contribution in [0.4, 0.5) is 0 Å². The lowest BCUT2D eigenvalue weighted by atomic mass is 9.85. The van der Waals surface area contributed by atoms with Crippen LogP contribution >= 0.6 is 0 Å². The number of allylic oxidation sites excluding steroid dienone is 2. The number of rotatable bonds is 7. The van der Waals surface area contributed by atoms with E-state index in [1.54, 1.807) is 5.57 Å². The highest BCUT2D eigenvalue weighted by atomic mass is 14.2. The summed E-state index contributed by atoms with van der Waals surface area (Å²) in [6, 6.07) is 18.4. The van der Waals surface area contributed by atoms with E-state index in [2.05, 4.69) is 75.4 Å². The van der Waals surface area contributed by atoms with E-state index in [0.717, 1.165) is 5.92 Å². The van der Waals surface area contributed by atoms with E-state index in [0.29, 0.717) is 5.92 Å². The third kappa shape index (κ3) is 4.67. The zero-order valence-electron chi connectivity index (χ0n) is 16.8. The largest absolute Gasteiger partial charge is 0.0804 e. The fraction of sp³-hybridized carbons (Fsp3) is 0.462. The monoisotopic (exact) mass is 346 g/mol. The van der Waals surface area contributed by atoms with E-state index < -0.39 is 0 Å². The molecule has 0 heterocycles. The van der Waals surface area contributed by atoms with Crippen LogP contribution in [0.25, 0.3) is 16.7 Å². The van der Waals surface area contributed by atoms with Crippen LogP contribution in [0.5, 0.6) is 0 Å². The zero-order chi connectivity index (χ0) is 18.4. The van der Waals surface area contributed by atoms with Gasteiger partial charge in [-0.25, -0.2) is 0 Å². The number of hydrogen-bond donors (Lipinski definition) is 0. The molecule has 2 aromatic carbocycles. The molecular formula is C26H34. The molecule has 0 saturated heterocycles. The summed E-state index contributed by atoms with van der Waals surface area (Å²) in [4.78, 5) is 0. The Labute approximate surface area is 160 Å². The van der Waals surface area contributed by atoms with Gasteiger partial charge < -0.3 is 0 Å². The Balaban J connectivity index is 1.68. The third-order valence-electron chi connectivity index (χ3n) is 6.16. The van der Waals surface area contributed by atoms with Crippen LogP contribution in [-0.2, 0) is 0 Å². The average Bonchev–Trinajstić information content (AvgIpc) is 2.72. The standard InChI is InChI=1S/C26H34/c1-4-6-7-20(3)22-12-14-24(15-13-22)26-18-16-25(17-19-26)23-10-8-21(5-2)9-11-23/h10,12-21H,4-9,11H2,1-3H3. The first kappa shape index (κ1) is 19.0. The average molecular weight is 347 g/mol. The third-order valence-corrected chi connectivity index (χ3v) is 6.16. The molecule has 0 N–H and O–H groups in total. The first-order valence-electron chi connectivity index (χ1n) is 10.6. The van der Waals surface area contributed by atoms with Crippen molar-refractivity contribution in [1.29, 1.82) is 0 Å². The predicted octanol–water partition coefficient (Wildman–Crippen LogP) is 8.24. The van der Waals surface area contributed by atoms with E-state index in [-0.39, 0.29) is 0 Å². The van der Waals surface area contributed by atoms with Gasteiger partial charge >= 0.3 is 0 Å². The first-order valence-corrected chi connectivity index (χ1v) is 10.6. The van der Waals surface area contributed by atoms with E-state index in [1.807, 2.05) is 0 Å². The molecule has 2 atom stereocenters. The topological polar surface area (TPSA) is 0 Å². The molecular weight excluding hydrogens is 312 g/mol. The van der Waals surface area contributed by atoms with Crippen molar-refractivity contribution in [3.8, 4) is 11.1 Å². The van der Waals surface area contributed by atoms with Crippen molar-refractivity contribution < 1.29 is 0 Å². The van der Waals surface area contributed by atoms with Gasteiger partial charge in [-0.2, -0.15) is 0 Å². The minimum atomic E-state index is 0.663. The molecule has 26 heavy (non-hydrogen) atoms. The molecule has 1 aliphatic carbocycles. The van der Waals surface area contributed by atoms with Crippen molar-refractivity contribution in [2.45, 2.75) is 71.6 Å². The van der Waals surface area contributed by atoms with Gasteiger partial charge in [0.05, 0.1) is 0 Å². The highest BCUT2D eigenvalue weighted by Crippen LogP contribution is 2.33. The lowest BCUT2D eigenvalue weighted by molar-refractivity contribution is 0.471. The van der Waals surface area contributed by atoms with E-state index in [1.165, 1.54) is 67.2 Å². The first-order chi connectivity index (χ1) is 12.7. The number of unbranched alkanes of at least 4 members (excludes halogenated alkanes) is 1. The van der Waals surface area contributed by atoms with Crippen molar-refractivity contribution in [2.24, 2.45) is 5.92 Å². The summed E-state index contributed by atoms with van der Waals surface area (Å²) in [5.74, 6) is 1.56. The van der Waals surface area contributed by atoms with Crippen LogP contribution in [0.15, 0.2) is 54.6 Å². The Morgan fingerprint density at radius 2 is 1.50 bits per heavy atom. The van der Waals surface area contributed by atoms with E-state index in [9.17, 15) is 0 Å². The van der Waals surface area contributed by atoms with Gasteiger partial charge in [0.15, 0.2) is 0 Å². The molecule has 0 amide bonds. The zero-order valence-corrected chi connectivity index (χ0v) is 16.8. The Morgan fingerprint density at radius 3 is 2.04 bits per heavy atom. The van der Waals surface area contributed by atoms with Crippen LogP contribution in [0.2, 0.25) is 0 Å². The summed E-state index contributed by atoms with van der Waals surface area (Å²) >= 11 is 0. The van der Waals surface area contributed by atoms with E-state index in [4.69, 9.17) is 0 Å². The van der Waals surface area contributed by atoms with Crippen LogP contribution in [-0.4, -0.2) is 0 Å². The second-order valence-corrected chi connectivity index (χ2v) is 8.02. The van der Waals surface area contributed by atoms with Gasteiger partial charge in [0.2, 0.25) is 0 Å². The molecule has 0 aliphatic heterocycles. The Kier molecular flexibility index (Phi) is 6.72. The van der Waals surface area contributed by atoms with Gasteiger partial charge in [0.1, 0.15) is 0 Å². The SMILES string of the molecule is CCCCC(C)c1ccc(-c2ccc(C3=CCC(CC)CC3)cc2)cc1. The second-order valence-electron chi connectivity index (χ2n) is 8.02. The summed E-state index contributed by atoms with van der Waals surface area (Å²) in [6.45, 7) is 6.93. The van der Waals surface area contributed by atoms with Crippen molar-refractivity contribution in [1.82, 2.24) is 0 Å². The minimum absolute atomic E-state index is 0.663. The van der Waals surface area contributed by atoms with Crippen molar-refractivity contribution in [2.75, 3.05) is 0 Å². The van der Waals surface area contributed by atoms with Gasteiger partial charge in [-0.15, -0.1) is 0 Å². The van der Waals surface area contributed by atoms with Crippen LogP contribution in [0, 0.1) is 5.92 Å². The second kappa shape index (κ2) is 9.21. The molecule has 0 nitrogen and oxygen atoms in total. The normalized spacial score (nSPS) is 18.4. The van der Waals surface area contributed by atoms with Crippen LogP contribution in [0.3, 0.4) is 0 Å². The minimum Gasteiger partial charge on any atom is -0.0804 e. The molecule has 0 aromatic heterocycles. The lowest BCUT2D eigenvalue weighted by Gasteiger charge is -2.21. The molecule has 0 spiro atoms. The van der Waals surface area contributed by atoms with E-state index >= 15 is 0 Å². The van der Waals surface area contributed by atoms with Gasteiger partial charge in [-0.3, -0.25) is 0 Å². The van der Waals surface area contributed by atoms with Crippen LogP contribution < -0.4 is 0 Å². The molecule has 0 fully saturated rings. The smallest absolute Gasteiger partial charge is 0.0184 e. The van der Waals surface area contributed by atoms with Gasteiger partial charge in [-0.05, 0) is 65.3 Å². The van der Waals surface area contributed by atoms with Gasteiger partial charge in [-0.1, -0.05) is 94.6 Å². The maximum atomic E-state index is 2.47. The molecule has 0 heteroatoms. The molecule has 2 unspecified atom stereocenters. The summed E-state index contributed by atoms with van der Waals surface area (Å²) in [5, 5.41) is 0. The van der Waals surface area contributed by atoms with Crippen molar-refractivity contribution in [3.05, 3.63) is 65.7 Å². The Bertz CT molecular complexity index is 703. The summed E-state index contributed by atoms with van der Waals surface area (Å²) in [7, 11) is 0. The molecule has 2 aromatic rings. The maximum Gasteiger partial charge on any atom is -0.0184 e.